The number of carbonyl (C=O) groups is 1. The highest BCUT2D eigenvalue weighted by molar-refractivity contribution is 9.10. The van der Waals surface area contributed by atoms with E-state index in [1.165, 1.54) is 25.7 Å². The van der Waals surface area contributed by atoms with E-state index in [1.807, 2.05) is 12.1 Å². The molecule has 0 heterocycles. The van der Waals surface area contributed by atoms with Crippen molar-refractivity contribution in [2.45, 2.75) is 38.6 Å². The largest absolute Gasteiger partial charge is 0.496 e. The Morgan fingerprint density at radius 3 is 2.74 bits per heavy atom. The predicted molar refractivity (Wildman–Crippen MR) is 79.6 cm³/mol. The van der Waals surface area contributed by atoms with Crippen molar-refractivity contribution >= 4 is 21.8 Å². The summed E-state index contributed by atoms with van der Waals surface area (Å²) in [7, 11) is 1.58. The topological polar surface area (TPSA) is 38.3 Å². The van der Waals surface area contributed by atoms with Crippen molar-refractivity contribution in [2.75, 3.05) is 7.11 Å². The van der Waals surface area contributed by atoms with Crippen LogP contribution in [0.2, 0.25) is 0 Å². The maximum absolute atomic E-state index is 12.3. The first-order valence-corrected chi connectivity index (χ1v) is 7.55. The molecule has 104 valence electrons. The Morgan fingerprint density at radius 2 is 2.11 bits per heavy atom. The maximum Gasteiger partial charge on any atom is 0.255 e. The van der Waals surface area contributed by atoms with E-state index in [0.717, 1.165) is 4.47 Å². The summed E-state index contributed by atoms with van der Waals surface area (Å²) >= 11 is 3.38. The van der Waals surface area contributed by atoms with E-state index in [4.69, 9.17) is 4.74 Å². The molecule has 4 heteroatoms. The molecule has 0 spiro atoms. The van der Waals surface area contributed by atoms with Gasteiger partial charge in [-0.3, -0.25) is 4.79 Å². The molecule has 1 amide bonds. The number of nitrogens with one attached hydrogen (secondary N) is 1. The first-order chi connectivity index (χ1) is 9.11. The van der Waals surface area contributed by atoms with Crippen LogP contribution < -0.4 is 10.1 Å². The minimum Gasteiger partial charge on any atom is -0.496 e. The van der Waals surface area contributed by atoms with Crippen LogP contribution in [0.3, 0.4) is 0 Å². The van der Waals surface area contributed by atoms with Gasteiger partial charge in [0, 0.05) is 10.5 Å². The Bertz CT molecular complexity index is 455. The first kappa shape index (κ1) is 14.4. The molecule has 0 aliphatic heterocycles. The monoisotopic (exact) mass is 325 g/mol. The van der Waals surface area contributed by atoms with E-state index in [-0.39, 0.29) is 11.9 Å². The fraction of sp³-hybridized carbons (Fsp3) is 0.533. The van der Waals surface area contributed by atoms with Crippen molar-refractivity contribution < 1.29 is 9.53 Å². The summed E-state index contributed by atoms with van der Waals surface area (Å²) in [5.41, 5.74) is 0.593. The van der Waals surface area contributed by atoms with Crippen LogP contribution >= 0.6 is 15.9 Å². The molecule has 1 N–H and O–H groups in total. The molecule has 1 aromatic rings. The van der Waals surface area contributed by atoms with Gasteiger partial charge in [0.25, 0.3) is 5.91 Å². The van der Waals surface area contributed by atoms with Crippen LogP contribution in [0.4, 0.5) is 0 Å². The van der Waals surface area contributed by atoms with Crippen molar-refractivity contribution in [1.29, 1.82) is 0 Å². The summed E-state index contributed by atoms with van der Waals surface area (Å²) in [5, 5.41) is 3.10. The van der Waals surface area contributed by atoms with E-state index in [0.29, 0.717) is 17.2 Å². The van der Waals surface area contributed by atoms with E-state index in [2.05, 4.69) is 28.2 Å². The fourth-order valence-electron chi connectivity index (χ4n) is 2.71. The minimum absolute atomic E-state index is 0.0521. The minimum atomic E-state index is -0.0521. The number of hydrogen-bond donors (Lipinski definition) is 1. The lowest BCUT2D eigenvalue weighted by atomic mass is 9.99. The first-order valence-electron chi connectivity index (χ1n) is 6.76. The van der Waals surface area contributed by atoms with Crippen molar-refractivity contribution in [3.8, 4) is 5.75 Å². The van der Waals surface area contributed by atoms with Gasteiger partial charge in [0.1, 0.15) is 5.75 Å². The lowest BCUT2D eigenvalue weighted by Crippen LogP contribution is -2.37. The molecule has 1 atom stereocenters. The molecule has 3 nitrogen and oxygen atoms in total. The molecule has 1 saturated carbocycles. The lowest BCUT2D eigenvalue weighted by Gasteiger charge is -2.21. The molecule has 1 fully saturated rings. The van der Waals surface area contributed by atoms with Crippen LogP contribution in [-0.4, -0.2) is 19.1 Å². The van der Waals surface area contributed by atoms with Gasteiger partial charge in [-0.25, -0.2) is 0 Å². The normalized spacial score (nSPS) is 17.2. The van der Waals surface area contributed by atoms with E-state index in [9.17, 15) is 4.79 Å². The van der Waals surface area contributed by atoms with Crippen LogP contribution in [0.15, 0.2) is 22.7 Å². The van der Waals surface area contributed by atoms with Gasteiger partial charge in [-0.1, -0.05) is 28.8 Å². The number of methoxy groups -OCH3 is 1. The molecule has 1 unspecified atom stereocenters. The molecule has 1 aliphatic carbocycles. The summed E-state index contributed by atoms with van der Waals surface area (Å²) in [5.74, 6) is 1.17. The van der Waals surface area contributed by atoms with Crippen LogP contribution in [0.25, 0.3) is 0 Å². The fourth-order valence-corrected chi connectivity index (χ4v) is 3.05. The highest BCUT2D eigenvalue weighted by atomic mass is 79.9. The summed E-state index contributed by atoms with van der Waals surface area (Å²) < 4.78 is 6.17. The Kier molecular flexibility index (Phi) is 4.86. The van der Waals surface area contributed by atoms with Gasteiger partial charge in [-0.15, -0.1) is 0 Å². The summed E-state index contributed by atoms with van der Waals surface area (Å²) in [6.07, 6.45) is 5.01. The van der Waals surface area contributed by atoms with Gasteiger partial charge in [-0.2, -0.15) is 0 Å². The average molecular weight is 326 g/mol. The van der Waals surface area contributed by atoms with Crippen molar-refractivity contribution in [1.82, 2.24) is 5.32 Å². The smallest absolute Gasteiger partial charge is 0.255 e. The summed E-state index contributed by atoms with van der Waals surface area (Å²) in [4.78, 5) is 12.3. The highest BCUT2D eigenvalue weighted by Crippen LogP contribution is 2.28. The summed E-state index contributed by atoms with van der Waals surface area (Å²) in [6.45, 7) is 2.10. The lowest BCUT2D eigenvalue weighted by molar-refractivity contribution is 0.0924. The van der Waals surface area contributed by atoms with Gasteiger partial charge in [0.05, 0.1) is 12.7 Å². The van der Waals surface area contributed by atoms with Gasteiger partial charge < -0.3 is 10.1 Å². The van der Waals surface area contributed by atoms with Gasteiger partial charge in [0.2, 0.25) is 0 Å². The molecule has 1 aliphatic rings. The molecule has 0 aromatic heterocycles. The van der Waals surface area contributed by atoms with Crippen LogP contribution in [-0.2, 0) is 0 Å². The maximum atomic E-state index is 12.3. The predicted octanol–water partition coefficient (Wildman–Crippen LogP) is 3.77. The molecule has 0 saturated heterocycles. The van der Waals surface area contributed by atoms with Crippen LogP contribution in [0.5, 0.6) is 5.75 Å². The summed E-state index contributed by atoms with van der Waals surface area (Å²) in [6, 6.07) is 5.69. The molecular formula is C15H20BrNO2. The molecule has 0 bridgehead atoms. The van der Waals surface area contributed by atoms with Crippen LogP contribution in [0.1, 0.15) is 43.0 Å². The number of amides is 1. The standard InChI is InChI=1S/C15H20BrNO2/c1-10(11-5-3-4-6-11)17-15(18)13-8-7-12(16)9-14(13)19-2/h7-11H,3-6H2,1-2H3,(H,17,18). The Hall–Kier alpha value is -1.03. The molecule has 2 rings (SSSR count). The zero-order valence-corrected chi connectivity index (χ0v) is 13.0. The van der Waals surface area contributed by atoms with Gasteiger partial charge >= 0.3 is 0 Å². The second-order valence-electron chi connectivity index (χ2n) is 5.15. The third-order valence-corrected chi connectivity index (χ3v) is 4.37. The Morgan fingerprint density at radius 1 is 1.42 bits per heavy atom. The highest BCUT2D eigenvalue weighted by Gasteiger charge is 2.24. The molecule has 19 heavy (non-hydrogen) atoms. The Balaban J connectivity index is 2.06. The van der Waals surface area contributed by atoms with Gasteiger partial charge in [-0.05, 0) is 43.9 Å². The average Bonchev–Trinajstić information content (AvgIpc) is 2.92. The number of carbonyl (C=O) groups excluding carboxylic acids is 1. The number of benzene rings is 1. The third-order valence-electron chi connectivity index (χ3n) is 3.87. The molecular weight excluding hydrogens is 306 g/mol. The number of ether oxygens (including phenoxy) is 1. The molecule has 1 aromatic carbocycles. The SMILES string of the molecule is COc1cc(Br)ccc1C(=O)NC(C)C1CCCC1. The quantitative estimate of drug-likeness (QED) is 0.915. The number of hydrogen-bond acceptors (Lipinski definition) is 2. The Labute approximate surface area is 122 Å². The van der Waals surface area contributed by atoms with Crippen molar-refractivity contribution in [2.24, 2.45) is 5.92 Å². The third kappa shape index (κ3) is 3.50. The van der Waals surface area contributed by atoms with Crippen LogP contribution in [0, 0.1) is 5.92 Å². The number of halogens is 1. The zero-order chi connectivity index (χ0) is 13.8. The number of rotatable bonds is 4. The zero-order valence-electron chi connectivity index (χ0n) is 11.4. The van der Waals surface area contributed by atoms with E-state index in [1.54, 1.807) is 13.2 Å². The molecule has 0 radical (unpaired) electrons. The van der Waals surface area contributed by atoms with Crippen molar-refractivity contribution in [3.63, 3.8) is 0 Å². The van der Waals surface area contributed by atoms with E-state index < -0.39 is 0 Å². The second kappa shape index (κ2) is 6.42. The van der Waals surface area contributed by atoms with E-state index >= 15 is 0 Å². The van der Waals surface area contributed by atoms with Crippen molar-refractivity contribution in [3.05, 3.63) is 28.2 Å². The second-order valence-corrected chi connectivity index (χ2v) is 6.07. The van der Waals surface area contributed by atoms with Gasteiger partial charge in [0.15, 0.2) is 0 Å².